The van der Waals surface area contributed by atoms with E-state index in [0.29, 0.717) is 11.7 Å². The second-order valence-corrected chi connectivity index (χ2v) is 6.28. The summed E-state index contributed by atoms with van der Waals surface area (Å²) in [5.41, 5.74) is 2.18. The van der Waals surface area contributed by atoms with Crippen LogP contribution in [0.5, 0.6) is 0 Å². The summed E-state index contributed by atoms with van der Waals surface area (Å²) in [5.74, 6) is 1.08. The number of benzene rings is 1. The Labute approximate surface area is 114 Å². The van der Waals surface area contributed by atoms with Gasteiger partial charge in [-0.25, -0.2) is 0 Å². The molecule has 0 aliphatic heterocycles. The Morgan fingerprint density at radius 2 is 1.94 bits per heavy atom. The van der Waals surface area contributed by atoms with E-state index in [1.807, 2.05) is 18.2 Å². The van der Waals surface area contributed by atoms with Gasteiger partial charge in [0.1, 0.15) is 0 Å². The van der Waals surface area contributed by atoms with Gasteiger partial charge in [-0.1, -0.05) is 37.1 Å². The summed E-state index contributed by atoms with van der Waals surface area (Å²) in [7, 11) is 0. The molecule has 1 nitrogen and oxygen atoms in total. The average molecular weight is 263 g/mol. The summed E-state index contributed by atoms with van der Waals surface area (Å²) in [4.78, 5) is 12.3. The number of alkyl halides is 1. The molecule has 3 unspecified atom stereocenters. The third kappa shape index (κ3) is 2.21. The van der Waals surface area contributed by atoms with E-state index in [4.69, 9.17) is 11.6 Å². The van der Waals surface area contributed by atoms with E-state index in [1.165, 1.54) is 24.8 Å². The monoisotopic (exact) mass is 262 g/mol. The molecule has 0 bridgehead atoms. The van der Waals surface area contributed by atoms with Crippen LogP contribution in [0.2, 0.25) is 0 Å². The van der Waals surface area contributed by atoms with Crippen LogP contribution in [0.25, 0.3) is 0 Å². The van der Waals surface area contributed by atoms with Gasteiger partial charge in [-0.15, -0.1) is 11.6 Å². The topological polar surface area (TPSA) is 17.1 Å². The van der Waals surface area contributed by atoms with Crippen molar-refractivity contribution >= 4 is 17.4 Å². The van der Waals surface area contributed by atoms with Crippen LogP contribution < -0.4 is 0 Å². The number of carbonyl (C=O) groups excluding carboxylic acids is 1. The standard InChI is InChI=1S/C16H19ClO/c17-15-8-4-2-6-12(15)10-13-9-11-5-1-3-7-14(11)16(13)18/h1,3,5,7,12-13,15H,2,4,6,8-10H2. The Morgan fingerprint density at radius 3 is 2.72 bits per heavy atom. The fraction of sp³-hybridized carbons (Fsp3) is 0.562. The molecule has 2 aliphatic carbocycles. The van der Waals surface area contributed by atoms with Crippen molar-refractivity contribution in [2.75, 3.05) is 0 Å². The lowest BCUT2D eigenvalue weighted by molar-refractivity contribution is 0.0912. The van der Waals surface area contributed by atoms with Crippen LogP contribution in [-0.2, 0) is 6.42 Å². The fourth-order valence-corrected chi connectivity index (χ4v) is 3.88. The molecule has 0 aromatic heterocycles. The molecule has 0 radical (unpaired) electrons. The van der Waals surface area contributed by atoms with Crippen LogP contribution in [-0.4, -0.2) is 11.2 Å². The Bertz CT molecular complexity index is 454. The van der Waals surface area contributed by atoms with Gasteiger partial charge in [0.25, 0.3) is 0 Å². The van der Waals surface area contributed by atoms with Gasteiger partial charge in [0, 0.05) is 16.9 Å². The quantitative estimate of drug-likeness (QED) is 0.729. The van der Waals surface area contributed by atoms with Crippen LogP contribution >= 0.6 is 11.6 Å². The highest BCUT2D eigenvalue weighted by atomic mass is 35.5. The zero-order chi connectivity index (χ0) is 12.5. The Morgan fingerprint density at radius 1 is 1.17 bits per heavy atom. The first-order chi connectivity index (χ1) is 8.75. The molecule has 2 heteroatoms. The molecule has 0 saturated heterocycles. The molecule has 18 heavy (non-hydrogen) atoms. The molecule has 0 amide bonds. The van der Waals surface area contributed by atoms with Crippen molar-refractivity contribution in [3.8, 4) is 0 Å². The van der Waals surface area contributed by atoms with E-state index in [-0.39, 0.29) is 11.3 Å². The smallest absolute Gasteiger partial charge is 0.166 e. The highest BCUT2D eigenvalue weighted by Crippen LogP contribution is 2.37. The third-order valence-electron chi connectivity index (χ3n) is 4.52. The Kier molecular flexibility index (Phi) is 3.43. The molecule has 3 atom stereocenters. The maximum absolute atomic E-state index is 12.3. The summed E-state index contributed by atoms with van der Waals surface area (Å²) >= 11 is 6.41. The normalized spacial score (nSPS) is 31.4. The molecule has 1 saturated carbocycles. The lowest BCUT2D eigenvalue weighted by Crippen LogP contribution is -2.24. The van der Waals surface area contributed by atoms with Crippen molar-refractivity contribution in [1.29, 1.82) is 0 Å². The number of hydrogen-bond donors (Lipinski definition) is 0. The maximum Gasteiger partial charge on any atom is 0.166 e. The fourth-order valence-electron chi connectivity index (χ4n) is 3.50. The van der Waals surface area contributed by atoms with E-state index >= 15 is 0 Å². The second kappa shape index (κ2) is 5.05. The van der Waals surface area contributed by atoms with Gasteiger partial charge in [-0.2, -0.15) is 0 Å². The molecule has 1 aromatic carbocycles. The SMILES string of the molecule is O=C1c2ccccc2CC1CC1CCCCC1Cl. The lowest BCUT2D eigenvalue weighted by Gasteiger charge is -2.28. The number of rotatable bonds is 2. The molecule has 1 aromatic rings. The molecule has 96 valence electrons. The van der Waals surface area contributed by atoms with Crippen molar-refractivity contribution in [2.24, 2.45) is 11.8 Å². The predicted octanol–water partition coefficient (Wildman–Crippen LogP) is 4.23. The number of fused-ring (bicyclic) bond motifs is 1. The molecule has 1 fully saturated rings. The first-order valence-electron chi connectivity index (χ1n) is 7.02. The first kappa shape index (κ1) is 12.2. The minimum Gasteiger partial charge on any atom is -0.294 e. The van der Waals surface area contributed by atoms with Crippen molar-refractivity contribution in [3.05, 3.63) is 35.4 Å². The Balaban J connectivity index is 1.71. The molecular formula is C16H19ClO. The third-order valence-corrected chi connectivity index (χ3v) is 5.10. The van der Waals surface area contributed by atoms with E-state index in [9.17, 15) is 4.79 Å². The zero-order valence-corrected chi connectivity index (χ0v) is 11.3. The zero-order valence-electron chi connectivity index (χ0n) is 10.6. The number of carbonyl (C=O) groups is 1. The van der Waals surface area contributed by atoms with Crippen molar-refractivity contribution in [2.45, 2.75) is 43.9 Å². The van der Waals surface area contributed by atoms with Crippen LogP contribution in [0.4, 0.5) is 0 Å². The van der Waals surface area contributed by atoms with Crippen LogP contribution in [0.3, 0.4) is 0 Å². The van der Waals surface area contributed by atoms with E-state index in [2.05, 4.69) is 6.07 Å². The molecule has 0 spiro atoms. The van der Waals surface area contributed by atoms with E-state index in [0.717, 1.165) is 24.8 Å². The molecule has 3 rings (SSSR count). The van der Waals surface area contributed by atoms with E-state index < -0.39 is 0 Å². The maximum atomic E-state index is 12.3. The van der Waals surface area contributed by atoms with Gasteiger partial charge >= 0.3 is 0 Å². The van der Waals surface area contributed by atoms with Gasteiger partial charge in [0.05, 0.1) is 0 Å². The predicted molar refractivity (Wildman–Crippen MR) is 74.2 cm³/mol. The van der Waals surface area contributed by atoms with Gasteiger partial charge in [-0.05, 0) is 37.2 Å². The number of Topliss-reactive ketones (excluding diaryl/α,β-unsaturated/α-hetero) is 1. The minimum absolute atomic E-state index is 0.187. The van der Waals surface area contributed by atoms with Crippen molar-refractivity contribution < 1.29 is 4.79 Å². The number of ketones is 1. The molecule has 0 N–H and O–H groups in total. The Hall–Kier alpha value is -0.820. The summed E-state index contributed by atoms with van der Waals surface area (Å²) in [6, 6.07) is 8.05. The largest absolute Gasteiger partial charge is 0.294 e. The summed E-state index contributed by atoms with van der Waals surface area (Å²) in [6.45, 7) is 0. The highest BCUT2D eigenvalue weighted by molar-refractivity contribution is 6.20. The van der Waals surface area contributed by atoms with Gasteiger partial charge < -0.3 is 0 Å². The summed E-state index contributed by atoms with van der Waals surface area (Å²) in [5, 5.41) is 0.287. The molecule has 0 heterocycles. The molecule has 2 aliphatic rings. The highest BCUT2D eigenvalue weighted by Gasteiger charge is 2.34. The average Bonchev–Trinajstić information content (AvgIpc) is 2.70. The minimum atomic E-state index is 0.187. The second-order valence-electron chi connectivity index (χ2n) is 5.72. The first-order valence-corrected chi connectivity index (χ1v) is 7.45. The van der Waals surface area contributed by atoms with Gasteiger partial charge in [0.2, 0.25) is 0 Å². The molecular weight excluding hydrogens is 244 g/mol. The van der Waals surface area contributed by atoms with Gasteiger partial charge in [0.15, 0.2) is 5.78 Å². The van der Waals surface area contributed by atoms with E-state index in [1.54, 1.807) is 0 Å². The van der Waals surface area contributed by atoms with Gasteiger partial charge in [-0.3, -0.25) is 4.79 Å². The lowest BCUT2D eigenvalue weighted by atomic mass is 9.81. The van der Waals surface area contributed by atoms with Crippen molar-refractivity contribution in [1.82, 2.24) is 0 Å². The number of halogens is 1. The summed E-state index contributed by atoms with van der Waals surface area (Å²) in [6.07, 6.45) is 6.77. The summed E-state index contributed by atoms with van der Waals surface area (Å²) < 4.78 is 0. The van der Waals surface area contributed by atoms with Crippen LogP contribution in [0, 0.1) is 11.8 Å². The van der Waals surface area contributed by atoms with Crippen LogP contribution in [0.15, 0.2) is 24.3 Å². The van der Waals surface area contributed by atoms with Crippen LogP contribution in [0.1, 0.15) is 48.0 Å². The number of hydrogen-bond acceptors (Lipinski definition) is 1. The van der Waals surface area contributed by atoms with Crippen molar-refractivity contribution in [3.63, 3.8) is 0 Å².